The van der Waals surface area contributed by atoms with Gasteiger partial charge < -0.3 is 10.2 Å². The average Bonchev–Trinajstić information content (AvgIpc) is 2.88. The molecule has 0 aromatic carbocycles. The molecule has 0 radical (unpaired) electrons. The van der Waals surface area contributed by atoms with Crippen LogP contribution in [0.5, 0.6) is 0 Å². The Morgan fingerprint density at radius 2 is 2.67 bits per heavy atom. The predicted octanol–water partition coefficient (Wildman–Crippen LogP) is 0.853. The van der Waals surface area contributed by atoms with Crippen molar-refractivity contribution in [1.82, 2.24) is 15.2 Å². The zero-order valence-corrected chi connectivity index (χ0v) is 9.59. The van der Waals surface area contributed by atoms with E-state index < -0.39 is 0 Å². The molecule has 2 rings (SSSR count). The lowest BCUT2D eigenvalue weighted by molar-refractivity contribution is -0.132. The van der Waals surface area contributed by atoms with E-state index in [0.29, 0.717) is 6.54 Å². The SMILES string of the molecule is CN(Cc1cscn1)C(=O)[C@@H]1CCCN1. The van der Waals surface area contributed by atoms with Crippen molar-refractivity contribution < 1.29 is 4.79 Å². The molecule has 5 heteroatoms. The van der Waals surface area contributed by atoms with E-state index in [9.17, 15) is 4.79 Å². The van der Waals surface area contributed by atoms with E-state index in [1.54, 1.807) is 21.7 Å². The molecular formula is C10H15N3OS. The molecule has 1 amide bonds. The molecule has 1 atom stereocenters. The van der Waals surface area contributed by atoms with Crippen LogP contribution in [0, 0.1) is 0 Å². The summed E-state index contributed by atoms with van der Waals surface area (Å²) in [5, 5.41) is 5.19. The van der Waals surface area contributed by atoms with Crippen LogP contribution in [-0.4, -0.2) is 35.4 Å². The van der Waals surface area contributed by atoms with Crippen molar-refractivity contribution in [3.05, 3.63) is 16.6 Å². The van der Waals surface area contributed by atoms with Gasteiger partial charge in [0.15, 0.2) is 0 Å². The van der Waals surface area contributed by atoms with Crippen LogP contribution in [0.25, 0.3) is 0 Å². The summed E-state index contributed by atoms with van der Waals surface area (Å²) in [5.41, 5.74) is 2.76. The molecule has 0 saturated carbocycles. The van der Waals surface area contributed by atoms with Gasteiger partial charge in [-0.15, -0.1) is 11.3 Å². The lowest BCUT2D eigenvalue weighted by Gasteiger charge is -2.20. The Balaban J connectivity index is 1.89. The molecular weight excluding hydrogens is 210 g/mol. The van der Waals surface area contributed by atoms with Crippen LogP contribution in [0.15, 0.2) is 10.9 Å². The summed E-state index contributed by atoms with van der Waals surface area (Å²) >= 11 is 1.56. The number of nitrogens with one attached hydrogen (secondary N) is 1. The highest BCUT2D eigenvalue weighted by Crippen LogP contribution is 2.10. The second-order valence-electron chi connectivity index (χ2n) is 3.82. The summed E-state index contributed by atoms with van der Waals surface area (Å²) in [4.78, 5) is 17.8. The van der Waals surface area contributed by atoms with E-state index in [1.807, 2.05) is 12.4 Å². The third-order valence-electron chi connectivity index (χ3n) is 2.62. The maximum Gasteiger partial charge on any atom is 0.239 e. The first kappa shape index (κ1) is 10.6. The van der Waals surface area contributed by atoms with Gasteiger partial charge in [0.2, 0.25) is 5.91 Å². The standard InChI is InChI=1S/C10H15N3OS/c1-13(5-8-6-15-7-12-8)10(14)9-3-2-4-11-9/h6-7,9,11H,2-5H2,1H3/t9-/m0/s1. The van der Waals surface area contributed by atoms with E-state index in [-0.39, 0.29) is 11.9 Å². The van der Waals surface area contributed by atoms with Crippen LogP contribution < -0.4 is 5.32 Å². The van der Waals surface area contributed by atoms with Crippen molar-refractivity contribution in [1.29, 1.82) is 0 Å². The lowest BCUT2D eigenvalue weighted by atomic mass is 10.2. The van der Waals surface area contributed by atoms with Crippen LogP contribution >= 0.6 is 11.3 Å². The third-order valence-corrected chi connectivity index (χ3v) is 3.25. The molecule has 0 unspecified atom stereocenters. The van der Waals surface area contributed by atoms with E-state index >= 15 is 0 Å². The molecule has 2 heterocycles. The summed E-state index contributed by atoms with van der Waals surface area (Å²) in [5.74, 6) is 0.181. The van der Waals surface area contributed by atoms with Gasteiger partial charge in [-0.05, 0) is 19.4 Å². The van der Waals surface area contributed by atoms with Crippen molar-refractivity contribution in [3.8, 4) is 0 Å². The second kappa shape index (κ2) is 4.72. The minimum absolute atomic E-state index is 0.0219. The first-order valence-electron chi connectivity index (χ1n) is 5.13. The molecule has 1 aliphatic heterocycles. The van der Waals surface area contributed by atoms with Gasteiger partial charge in [-0.2, -0.15) is 0 Å². The molecule has 1 aromatic heterocycles. The Labute approximate surface area is 93.3 Å². The maximum atomic E-state index is 11.9. The number of rotatable bonds is 3. The summed E-state index contributed by atoms with van der Waals surface area (Å²) in [6.45, 7) is 1.57. The zero-order valence-electron chi connectivity index (χ0n) is 8.77. The molecule has 1 saturated heterocycles. The molecule has 0 spiro atoms. The van der Waals surface area contributed by atoms with E-state index in [4.69, 9.17) is 0 Å². The van der Waals surface area contributed by atoms with Gasteiger partial charge in [-0.1, -0.05) is 0 Å². The molecule has 0 bridgehead atoms. The topological polar surface area (TPSA) is 45.2 Å². The molecule has 1 N–H and O–H groups in total. The Morgan fingerprint density at radius 1 is 1.80 bits per heavy atom. The zero-order chi connectivity index (χ0) is 10.7. The fourth-order valence-electron chi connectivity index (χ4n) is 1.80. The summed E-state index contributed by atoms with van der Waals surface area (Å²) in [6, 6.07) is 0.0219. The lowest BCUT2D eigenvalue weighted by Crippen LogP contribution is -2.41. The van der Waals surface area contributed by atoms with E-state index in [2.05, 4.69) is 10.3 Å². The van der Waals surface area contributed by atoms with Gasteiger partial charge in [0, 0.05) is 12.4 Å². The summed E-state index contributed by atoms with van der Waals surface area (Å²) < 4.78 is 0. The van der Waals surface area contributed by atoms with Gasteiger partial charge in [-0.25, -0.2) is 4.98 Å². The van der Waals surface area contributed by atoms with Crippen LogP contribution in [0.2, 0.25) is 0 Å². The number of aromatic nitrogens is 1. The minimum Gasteiger partial charge on any atom is -0.338 e. The number of nitrogens with zero attached hydrogens (tertiary/aromatic N) is 2. The smallest absolute Gasteiger partial charge is 0.239 e. The molecule has 1 fully saturated rings. The van der Waals surface area contributed by atoms with Crippen LogP contribution in [0.4, 0.5) is 0 Å². The van der Waals surface area contributed by atoms with E-state index in [0.717, 1.165) is 25.1 Å². The van der Waals surface area contributed by atoms with E-state index in [1.165, 1.54) is 0 Å². The normalized spacial score (nSPS) is 20.5. The van der Waals surface area contributed by atoms with Crippen molar-refractivity contribution in [2.75, 3.05) is 13.6 Å². The number of amides is 1. The van der Waals surface area contributed by atoms with Crippen LogP contribution in [0.1, 0.15) is 18.5 Å². The quantitative estimate of drug-likeness (QED) is 0.829. The van der Waals surface area contributed by atoms with Crippen molar-refractivity contribution >= 4 is 17.2 Å². The molecule has 15 heavy (non-hydrogen) atoms. The highest BCUT2D eigenvalue weighted by Gasteiger charge is 2.24. The molecule has 0 aliphatic carbocycles. The highest BCUT2D eigenvalue weighted by atomic mass is 32.1. The summed E-state index contributed by atoms with van der Waals surface area (Å²) in [7, 11) is 1.84. The molecule has 4 nitrogen and oxygen atoms in total. The Hall–Kier alpha value is -0.940. The summed E-state index contributed by atoms with van der Waals surface area (Å²) in [6.07, 6.45) is 2.06. The number of carbonyl (C=O) groups excluding carboxylic acids is 1. The predicted molar refractivity (Wildman–Crippen MR) is 59.6 cm³/mol. The number of carbonyl (C=O) groups is 1. The van der Waals surface area contributed by atoms with Crippen LogP contribution in [-0.2, 0) is 11.3 Å². The van der Waals surface area contributed by atoms with Gasteiger partial charge in [0.25, 0.3) is 0 Å². The Morgan fingerprint density at radius 3 is 3.27 bits per heavy atom. The number of thiazole rings is 1. The fourth-order valence-corrected chi connectivity index (χ4v) is 2.35. The average molecular weight is 225 g/mol. The van der Waals surface area contributed by atoms with Gasteiger partial charge in [0.1, 0.15) is 0 Å². The maximum absolute atomic E-state index is 11.9. The monoisotopic (exact) mass is 225 g/mol. The molecule has 82 valence electrons. The molecule has 1 aromatic rings. The second-order valence-corrected chi connectivity index (χ2v) is 4.54. The number of hydrogen-bond acceptors (Lipinski definition) is 4. The molecule has 1 aliphatic rings. The number of likely N-dealkylation sites (N-methyl/N-ethyl adjacent to an activating group) is 1. The van der Waals surface area contributed by atoms with Crippen molar-refractivity contribution in [2.45, 2.75) is 25.4 Å². The third kappa shape index (κ3) is 2.54. The van der Waals surface area contributed by atoms with Gasteiger partial charge in [0.05, 0.1) is 23.8 Å². The largest absolute Gasteiger partial charge is 0.338 e. The highest BCUT2D eigenvalue weighted by molar-refractivity contribution is 7.07. The Bertz CT molecular complexity index is 319. The first-order valence-corrected chi connectivity index (χ1v) is 6.07. The van der Waals surface area contributed by atoms with Crippen molar-refractivity contribution in [3.63, 3.8) is 0 Å². The van der Waals surface area contributed by atoms with Gasteiger partial charge in [-0.3, -0.25) is 4.79 Å². The Kier molecular flexibility index (Phi) is 3.33. The number of hydrogen-bond donors (Lipinski definition) is 1. The van der Waals surface area contributed by atoms with Crippen molar-refractivity contribution in [2.24, 2.45) is 0 Å². The fraction of sp³-hybridized carbons (Fsp3) is 0.600. The van der Waals surface area contributed by atoms with Crippen LogP contribution in [0.3, 0.4) is 0 Å². The van der Waals surface area contributed by atoms with Gasteiger partial charge >= 0.3 is 0 Å². The first-order chi connectivity index (χ1) is 7.27. The minimum atomic E-state index is 0.0219.